The van der Waals surface area contributed by atoms with E-state index in [0.717, 1.165) is 56.1 Å². The molecule has 0 saturated carbocycles. The van der Waals surface area contributed by atoms with E-state index >= 15 is 0 Å². The zero-order chi connectivity index (χ0) is 34.7. The molecule has 8 rings (SSSR count). The monoisotopic (exact) mass is 701 g/mol. The number of hydrogen-bond acceptors (Lipinski definition) is 11. The molecule has 0 aromatic carbocycles. The molecule has 8 aliphatic heterocycles. The zero-order valence-corrected chi connectivity index (χ0v) is 29.7. The molecule has 4 N–H and O–H groups in total. The Morgan fingerprint density at radius 1 is 0.800 bits per heavy atom. The van der Waals surface area contributed by atoms with Crippen molar-refractivity contribution in [3.8, 4) is 0 Å². The smallest absolute Gasteiger partial charge is 0.172 e. The first-order chi connectivity index (χ1) is 24.0. The predicted octanol–water partition coefficient (Wildman–Crippen LogP) is 3.80. The Bertz CT molecular complexity index is 1280. The van der Waals surface area contributed by atoms with Crippen molar-refractivity contribution in [2.75, 3.05) is 6.54 Å². The zero-order valence-electron chi connectivity index (χ0n) is 29.7. The number of carbonyl (C=O) groups excluding carboxylic acids is 1. The van der Waals surface area contributed by atoms with Crippen molar-refractivity contribution in [1.82, 2.24) is 0 Å². The first kappa shape index (κ1) is 35.8. The number of hydrogen-bond donors (Lipinski definition) is 3. The van der Waals surface area contributed by atoms with Gasteiger partial charge in [0.05, 0.1) is 73.2 Å². The third-order valence-corrected chi connectivity index (χ3v) is 13.2. The van der Waals surface area contributed by atoms with Crippen molar-refractivity contribution >= 4 is 5.78 Å². The van der Waals surface area contributed by atoms with E-state index in [-0.39, 0.29) is 85.4 Å². The Balaban J connectivity index is 1.04. The fourth-order valence-corrected chi connectivity index (χ4v) is 10.5. The second-order valence-corrected chi connectivity index (χ2v) is 17.0. The number of rotatable bonds is 3. The molecule has 0 aliphatic carbocycles. The topological polar surface area (TPSA) is 148 Å². The van der Waals surface area contributed by atoms with Crippen LogP contribution in [0.5, 0.6) is 0 Å². The van der Waals surface area contributed by atoms with Crippen LogP contribution in [0.3, 0.4) is 0 Å². The van der Waals surface area contributed by atoms with E-state index in [9.17, 15) is 15.0 Å². The SMILES string of the molecule is C=C1CC2CC[C@]34C[C@@H](O)C(O3)[C@H]3C[C@@H](O4)C4OC(CC[C@@H]4O3)CC(=O)C[C@@H]3C[C@@H](CC(O)CN)OC3CC3OC(CCC1O2)C[C@@H](C)C3=C. The van der Waals surface area contributed by atoms with Crippen LogP contribution in [0, 0.1) is 11.8 Å². The minimum absolute atomic E-state index is 0.00819. The summed E-state index contributed by atoms with van der Waals surface area (Å²) in [6.45, 7) is 11.3. The molecule has 11 nitrogen and oxygen atoms in total. The Hall–Kier alpha value is -1.25. The summed E-state index contributed by atoms with van der Waals surface area (Å²) in [6.07, 6.45) is 6.38. The summed E-state index contributed by atoms with van der Waals surface area (Å²) in [5.41, 5.74) is 7.96. The number of ketones is 1. The van der Waals surface area contributed by atoms with Gasteiger partial charge >= 0.3 is 0 Å². The lowest BCUT2D eigenvalue weighted by Crippen LogP contribution is -2.58. The molecule has 8 saturated heterocycles. The third-order valence-electron chi connectivity index (χ3n) is 13.2. The predicted molar refractivity (Wildman–Crippen MR) is 182 cm³/mol. The van der Waals surface area contributed by atoms with E-state index < -0.39 is 24.1 Å². The third kappa shape index (κ3) is 7.30. The first-order valence-corrected chi connectivity index (χ1v) is 19.6. The van der Waals surface area contributed by atoms with Crippen molar-refractivity contribution in [3.05, 3.63) is 24.3 Å². The summed E-state index contributed by atoms with van der Waals surface area (Å²) in [5.74, 6) is -0.449. The van der Waals surface area contributed by atoms with Crippen LogP contribution >= 0.6 is 0 Å². The number of ether oxygens (including phenoxy) is 7. The van der Waals surface area contributed by atoms with Gasteiger partial charge in [-0.1, -0.05) is 20.1 Å². The summed E-state index contributed by atoms with van der Waals surface area (Å²) >= 11 is 0. The Labute approximate surface area is 296 Å². The van der Waals surface area contributed by atoms with Gasteiger partial charge in [-0.3, -0.25) is 4.79 Å². The molecule has 17 atom stereocenters. The van der Waals surface area contributed by atoms with Crippen LogP contribution in [0.2, 0.25) is 0 Å². The molecule has 280 valence electrons. The molecule has 0 aromatic rings. The molecule has 1 spiro atoms. The van der Waals surface area contributed by atoms with Crippen molar-refractivity contribution in [2.24, 2.45) is 17.6 Å². The molecule has 0 amide bonds. The van der Waals surface area contributed by atoms with E-state index in [0.29, 0.717) is 57.3 Å². The molecule has 8 aliphatic rings. The summed E-state index contributed by atoms with van der Waals surface area (Å²) in [6, 6.07) is 0. The number of carbonyl (C=O) groups is 1. The molecule has 0 aromatic heterocycles. The van der Waals surface area contributed by atoms with E-state index in [4.69, 9.17) is 38.9 Å². The number of aliphatic hydroxyl groups is 2. The molecular weight excluding hydrogens is 642 g/mol. The lowest BCUT2D eigenvalue weighted by atomic mass is 9.82. The van der Waals surface area contributed by atoms with Gasteiger partial charge in [0.25, 0.3) is 0 Å². The van der Waals surface area contributed by atoms with E-state index in [2.05, 4.69) is 20.1 Å². The van der Waals surface area contributed by atoms with Gasteiger partial charge < -0.3 is 49.1 Å². The maximum absolute atomic E-state index is 13.8. The molecule has 8 fully saturated rings. The van der Waals surface area contributed by atoms with Crippen LogP contribution in [-0.2, 0) is 38.0 Å². The summed E-state index contributed by atoms with van der Waals surface area (Å²) in [5, 5.41) is 21.5. The van der Waals surface area contributed by atoms with Gasteiger partial charge in [0, 0.05) is 51.5 Å². The van der Waals surface area contributed by atoms with Crippen LogP contribution in [0.4, 0.5) is 0 Å². The van der Waals surface area contributed by atoms with Gasteiger partial charge in [0.15, 0.2) is 5.79 Å². The minimum atomic E-state index is -0.928. The summed E-state index contributed by atoms with van der Waals surface area (Å²) in [4.78, 5) is 13.8. The highest BCUT2D eigenvalue weighted by molar-refractivity contribution is 5.79. The average Bonchev–Trinajstić information content (AvgIpc) is 3.71. The second kappa shape index (κ2) is 14.5. The number of fused-ring (bicyclic) bond motifs is 9. The van der Waals surface area contributed by atoms with Crippen molar-refractivity contribution < 1.29 is 48.2 Å². The summed E-state index contributed by atoms with van der Waals surface area (Å²) < 4.78 is 46.7. The van der Waals surface area contributed by atoms with Crippen LogP contribution in [-0.4, -0.2) is 114 Å². The van der Waals surface area contributed by atoms with Crippen LogP contribution in [0.25, 0.3) is 0 Å². The fraction of sp³-hybridized carbons (Fsp3) is 0.872. The average molecular weight is 702 g/mol. The quantitative estimate of drug-likeness (QED) is 0.369. The van der Waals surface area contributed by atoms with Gasteiger partial charge in [0.2, 0.25) is 0 Å². The number of aliphatic hydroxyl groups excluding tert-OH is 2. The fourth-order valence-electron chi connectivity index (χ4n) is 10.5. The van der Waals surface area contributed by atoms with E-state index in [1.54, 1.807) is 0 Å². The van der Waals surface area contributed by atoms with Crippen molar-refractivity contribution in [2.45, 2.75) is 194 Å². The highest BCUT2D eigenvalue weighted by Crippen LogP contribution is 2.49. The summed E-state index contributed by atoms with van der Waals surface area (Å²) in [7, 11) is 0. The Morgan fingerprint density at radius 2 is 1.60 bits per heavy atom. The molecule has 11 heteroatoms. The molecule has 9 unspecified atom stereocenters. The van der Waals surface area contributed by atoms with Gasteiger partial charge in [-0.05, 0) is 74.3 Å². The Kier molecular flexibility index (Phi) is 10.4. The molecule has 0 radical (unpaired) electrons. The molecule has 10 bridgehead atoms. The normalized spacial score (nSPS) is 50.4. The Morgan fingerprint density at radius 3 is 2.44 bits per heavy atom. The van der Waals surface area contributed by atoms with E-state index in [1.807, 2.05) is 0 Å². The molecular formula is C39H59NO10. The molecule has 50 heavy (non-hydrogen) atoms. The standard InChI is InChI=1S/C39H59NO10/c1-20-10-26-4-6-31-21(2)11-28(44-31)8-9-39-18-30(43)37(50-39)35-17-36(49-39)38-32(48-35)7-5-27(47-38)14-24(41)12-23-13-29(15-25(42)19-40)46-34(23)16-33(45-26)22(20)3/h20,23,25-38,42-43H,2-19,40H2,1H3/t20-,23-,25?,26?,27?,28?,29+,30-,31?,32+,33?,34?,35-,36-,37?,38?,39-/m1/s1. The highest BCUT2D eigenvalue weighted by atomic mass is 16.7. The highest BCUT2D eigenvalue weighted by Gasteiger charge is 2.59. The van der Waals surface area contributed by atoms with Gasteiger partial charge in [0.1, 0.15) is 18.0 Å². The van der Waals surface area contributed by atoms with Crippen LogP contribution in [0.15, 0.2) is 24.3 Å². The molecule has 8 heterocycles. The first-order valence-electron chi connectivity index (χ1n) is 19.6. The van der Waals surface area contributed by atoms with Crippen molar-refractivity contribution in [3.63, 3.8) is 0 Å². The lowest BCUT2D eigenvalue weighted by molar-refractivity contribution is -0.277. The van der Waals surface area contributed by atoms with Crippen LogP contribution in [0.1, 0.15) is 103 Å². The number of Topliss-reactive ketones (excluding diaryl/α,β-unsaturated/α-hetero) is 1. The largest absolute Gasteiger partial charge is 0.392 e. The van der Waals surface area contributed by atoms with Crippen molar-refractivity contribution in [1.29, 1.82) is 0 Å². The van der Waals surface area contributed by atoms with Gasteiger partial charge in [-0.15, -0.1) is 0 Å². The van der Waals surface area contributed by atoms with Gasteiger partial charge in [-0.25, -0.2) is 0 Å². The minimum Gasteiger partial charge on any atom is -0.392 e. The lowest BCUT2D eigenvalue weighted by Gasteiger charge is -2.47. The number of nitrogens with two attached hydrogens (primary N) is 1. The van der Waals surface area contributed by atoms with Gasteiger partial charge in [-0.2, -0.15) is 0 Å². The maximum atomic E-state index is 13.8. The van der Waals surface area contributed by atoms with Crippen LogP contribution < -0.4 is 5.73 Å². The second-order valence-electron chi connectivity index (χ2n) is 17.0. The van der Waals surface area contributed by atoms with E-state index in [1.165, 1.54) is 0 Å². The maximum Gasteiger partial charge on any atom is 0.172 e.